The van der Waals surface area contributed by atoms with Crippen LogP contribution in [-0.2, 0) is 0 Å². The first-order valence-corrected chi connectivity index (χ1v) is 10.8. The summed E-state index contributed by atoms with van der Waals surface area (Å²) in [5.41, 5.74) is -0.477. The molecule has 0 atom stereocenters. The molecule has 0 spiro atoms. The number of fused-ring (bicyclic) bond motifs is 1. The average Bonchev–Trinajstić information content (AvgIpc) is 3.66. The first-order chi connectivity index (χ1) is 16.0. The average molecular weight is 451 g/mol. The summed E-state index contributed by atoms with van der Waals surface area (Å²) in [6.07, 6.45) is 2.01. The summed E-state index contributed by atoms with van der Waals surface area (Å²) >= 11 is 0. The van der Waals surface area contributed by atoms with Gasteiger partial charge in [0.05, 0.1) is 16.3 Å². The molecule has 1 aliphatic heterocycles. The zero-order valence-electron chi connectivity index (χ0n) is 17.7. The van der Waals surface area contributed by atoms with Gasteiger partial charge in [-0.3, -0.25) is 9.59 Å². The number of benzene rings is 2. The van der Waals surface area contributed by atoms with E-state index in [0.717, 1.165) is 18.9 Å². The first kappa shape index (κ1) is 20.9. The normalized spacial score (nSPS) is 16.0. The quantitative estimate of drug-likeness (QED) is 0.634. The van der Waals surface area contributed by atoms with Crippen LogP contribution in [0.1, 0.15) is 23.2 Å². The number of aromatic amines is 1. The molecule has 2 N–H and O–H groups in total. The number of piperazine rings is 1. The van der Waals surface area contributed by atoms with Crippen molar-refractivity contribution >= 4 is 22.7 Å². The zero-order chi connectivity index (χ0) is 22.9. The Balaban J connectivity index is 1.31. The highest BCUT2D eigenvalue weighted by atomic mass is 19.1. The molecule has 2 fully saturated rings. The summed E-state index contributed by atoms with van der Waals surface area (Å²) < 4.78 is 20.3. The first-order valence-electron chi connectivity index (χ1n) is 10.8. The Bertz CT molecular complexity index is 1280. The van der Waals surface area contributed by atoms with E-state index in [2.05, 4.69) is 15.5 Å². The number of carbonyl (C=O) groups excluding carboxylic acids is 2. The molecule has 10 heteroatoms. The Morgan fingerprint density at radius 2 is 1.73 bits per heavy atom. The van der Waals surface area contributed by atoms with Crippen LogP contribution in [0.15, 0.2) is 47.3 Å². The number of hydrogen-bond acceptors (Lipinski definition) is 5. The molecule has 33 heavy (non-hydrogen) atoms. The van der Waals surface area contributed by atoms with Crippen molar-refractivity contribution in [3.8, 4) is 11.6 Å². The minimum Gasteiger partial charge on any atom is -0.437 e. The number of hydrogen-bond donors (Lipinski definition) is 2. The molecule has 170 valence electrons. The van der Waals surface area contributed by atoms with Crippen molar-refractivity contribution in [3.05, 3.63) is 64.2 Å². The molecule has 1 saturated carbocycles. The highest BCUT2D eigenvalue weighted by Gasteiger charge is 2.30. The van der Waals surface area contributed by atoms with Gasteiger partial charge in [0.2, 0.25) is 5.88 Å². The molecule has 2 aliphatic rings. The number of H-pyrrole nitrogens is 1. The Kier molecular flexibility index (Phi) is 5.41. The van der Waals surface area contributed by atoms with Crippen molar-refractivity contribution in [1.29, 1.82) is 0 Å². The molecule has 0 radical (unpaired) electrons. The van der Waals surface area contributed by atoms with Crippen molar-refractivity contribution in [2.75, 3.05) is 26.2 Å². The lowest BCUT2D eigenvalue weighted by molar-refractivity contribution is 0.0660. The van der Waals surface area contributed by atoms with Gasteiger partial charge < -0.3 is 19.9 Å². The number of urea groups is 1. The van der Waals surface area contributed by atoms with Gasteiger partial charge in [0.25, 0.3) is 11.5 Å². The third-order valence-corrected chi connectivity index (χ3v) is 5.80. The van der Waals surface area contributed by atoms with Crippen molar-refractivity contribution in [3.63, 3.8) is 0 Å². The van der Waals surface area contributed by atoms with Gasteiger partial charge in [-0.1, -0.05) is 12.1 Å². The van der Waals surface area contributed by atoms with E-state index in [1.807, 2.05) is 0 Å². The van der Waals surface area contributed by atoms with Crippen molar-refractivity contribution < 1.29 is 18.7 Å². The maximum absolute atomic E-state index is 14.5. The van der Waals surface area contributed by atoms with Gasteiger partial charge in [-0.2, -0.15) is 0 Å². The second kappa shape index (κ2) is 8.53. The summed E-state index contributed by atoms with van der Waals surface area (Å²) in [7, 11) is 0. The standard InChI is InChI=1S/C23H22FN5O4/c24-19-8-7-15(33-21-17-4-2-1-3-16(17)20(30)26-27-21)13-18(19)22(31)28-9-11-29(12-10-28)23(32)25-14-5-6-14/h1-4,7-8,13-14H,5-6,9-12H2,(H,25,32)(H,26,30). The van der Waals surface area contributed by atoms with Crippen LogP contribution in [0.5, 0.6) is 11.6 Å². The van der Waals surface area contributed by atoms with Crippen LogP contribution >= 0.6 is 0 Å². The summed E-state index contributed by atoms with van der Waals surface area (Å²) in [5, 5.41) is 10.2. The maximum Gasteiger partial charge on any atom is 0.317 e. The van der Waals surface area contributed by atoms with Crippen LogP contribution in [0.4, 0.5) is 9.18 Å². The van der Waals surface area contributed by atoms with E-state index < -0.39 is 11.7 Å². The van der Waals surface area contributed by atoms with Gasteiger partial charge in [0, 0.05) is 32.2 Å². The van der Waals surface area contributed by atoms with Gasteiger partial charge in [-0.05, 0) is 43.2 Å². The Morgan fingerprint density at radius 3 is 2.45 bits per heavy atom. The Labute approximate surface area is 188 Å². The van der Waals surface area contributed by atoms with E-state index in [1.54, 1.807) is 29.2 Å². The molecule has 9 nitrogen and oxygen atoms in total. The largest absolute Gasteiger partial charge is 0.437 e. The SMILES string of the molecule is O=C(NC1CC1)N1CCN(C(=O)c2cc(Oc3n[nH]c(=O)c4ccccc34)ccc2F)CC1. The third kappa shape index (κ3) is 4.36. The van der Waals surface area contributed by atoms with E-state index >= 15 is 0 Å². The van der Waals surface area contributed by atoms with Crippen LogP contribution in [0, 0.1) is 5.82 Å². The van der Waals surface area contributed by atoms with Gasteiger partial charge in [-0.15, -0.1) is 5.10 Å². The predicted molar refractivity (Wildman–Crippen MR) is 118 cm³/mol. The smallest absolute Gasteiger partial charge is 0.317 e. The molecule has 1 saturated heterocycles. The number of nitrogens with one attached hydrogen (secondary N) is 2. The second-order valence-electron chi connectivity index (χ2n) is 8.15. The molecule has 3 aromatic rings. The topological polar surface area (TPSA) is 108 Å². The van der Waals surface area contributed by atoms with E-state index in [9.17, 15) is 18.8 Å². The summed E-state index contributed by atoms with van der Waals surface area (Å²) in [4.78, 5) is 40.3. The molecule has 1 aliphatic carbocycles. The van der Waals surface area contributed by atoms with E-state index in [-0.39, 0.29) is 34.8 Å². The number of ether oxygens (including phenoxy) is 1. The van der Waals surface area contributed by atoms with Gasteiger partial charge in [0.15, 0.2) is 0 Å². The summed E-state index contributed by atoms with van der Waals surface area (Å²) in [6.45, 7) is 1.39. The molecule has 2 aromatic carbocycles. The number of aromatic nitrogens is 2. The fraction of sp³-hybridized carbons (Fsp3) is 0.304. The van der Waals surface area contributed by atoms with Gasteiger partial charge >= 0.3 is 6.03 Å². The van der Waals surface area contributed by atoms with E-state index in [0.29, 0.717) is 37.0 Å². The molecule has 5 rings (SSSR count). The molecule has 1 aromatic heterocycles. The molecule has 2 heterocycles. The van der Waals surface area contributed by atoms with Crippen LogP contribution in [0.2, 0.25) is 0 Å². The lowest BCUT2D eigenvalue weighted by Gasteiger charge is -2.34. The number of rotatable bonds is 4. The van der Waals surface area contributed by atoms with Gasteiger partial charge in [0.1, 0.15) is 11.6 Å². The van der Waals surface area contributed by atoms with Crippen LogP contribution < -0.4 is 15.6 Å². The van der Waals surface area contributed by atoms with Crippen LogP contribution in [0.3, 0.4) is 0 Å². The fourth-order valence-corrected chi connectivity index (χ4v) is 3.79. The monoisotopic (exact) mass is 451 g/mol. The Morgan fingerprint density at radius 1 is 1.03 bits per heavy atom. The summed E-state index contributed by atoms with van der Waals surface area (Å²) in [5.74, 6) is -0.780. The lowest BCUT2D eigenvalue weighted by Crippen LogP contribution is -2.53. The van der Waals surface area contributed by atoms with Crippen molar-refractivity contribution in [2.24, 2.45) is 0 Å². The second-order valence-corrected chi connectivity index (χ2v) is 8.15. The lowest BCUT2D eigenvalue weighted by atomic mass is 10.1. The van der Waals surface area contributed by atoms with Crippen LogP contribution in [-0.4, -0.2) is 64.2 Å². The minimum atomic E-state index is -0.666. The van der Waals surface area contributed by atoms with E-state index in [1.165, 1.54) is 17.0 Å². The molecule has 0 bridgehead atoms. The molecular weight excluding hydrogens is 429 g/mol. The highest BCUT2D eigenvalue weighted by molar-refractivity contribution is 5.95. The number of nitrogens with zero attached hydrogens (tertiary/aromatic N) is 3. The minimum absolute atomic E-state index is 0.119. The maximum atomic E-state index is 14.5. The van der Waals surface area contributed by atoms with Crippen LogP contribution in [0.25, 0.3) is 10.8 Å². The zero-order valence-corrected chi connectivity index (χ0v) is 17.7. The Hall–Kier alpha value is -3.95. The number of halogens is 1. The fourth-order valence-electron chi connectivity index (χ4n) is 3.79. The molecule has 3 amide bonds. The number of carbonyl (C=O) groups is 2. The van der Waals surface area contributed by atoms with Crippen molar-refractivity contribution in [2.45, 2.75) is 18.9 Å². The predicted octanol–water partition coefficient (Wildman–Crippen LogP) is 2.48. The van der Waals surface area contributed by atoms with E-state index in [4.69, 9.17) is 4.74 Å². The number of amides is 3. The highest BCUT2D eigenvalue weighted by Crippen LogP contribution is 2.27. The molecule has 0 unspecified atom stereocenters. The third-order valence-electron chi connectivity index (χ3n) is 5.80. The van der Waals surface area contributed by atoms with Crippen molar-refractivity contribution in [1.82, 2.24) is 25.3 Å². The molecular formula is C23H22FN5O4. The van der Waals surface area contributed by atoms with Gasteiger partial charge in [-0.25, -0.2) is 14.3 Å². The summed E-state index contributed by atoms with van der Waals surface area (Å²) in [6, 6.07) is 10.9.